The van der Waals surface area contributed by atoms with Gasteiger partial charge in [-0.1, -0.05) is 45.9 Å². The molecule has 0 aromatic heterocycles. The van der Waals surface area contributed by atoms with Crippen LogP contribution in [-0.2, 0) is 23.7 Å². The summed E-state index contributed by atoms with van der Waals surface area (Å²) in [5, 5.41) is 63.8. The van der Waals surface area contributed by atoms with Gasteiger partial charge in [-0.3, -0.25) is 0 Å². The van der Waals surface area contributed by atoms with Crippen LogP contribution in [0.3, 0.4) is 0 Å². The minimum Gasteiger partial charge on any atom is -0.478 e. The zero-order chi connectivity index (χ0) is 36.1. The highest BCUT2D eigenvalue weighted by Gasteiger charge is 2.37. The predicted molar refractivity (Wildman–Crippen MR) is 183 cm³/mol. The Labute approximate surface area is 288 Å². The second kappa shape index (κ2) is 21.1. The summed E-state index contributed by atoms with van der Waals surface area (Å²) >= 11 is 0. The number of rotatable bonds is 21. The van der Waals surface area contributed by atoms with Gasteiger partial charge < -0.3 is 49.6 Å². The van der Waals surface area contributed by atoms with Crippen molar-refractivity contribution in [1.82, 2.24) is 0 Å². The molecule has 0 saturated carbocycles. The van der Waals surface area contributed by atoms with Gasteiger partial charge in [0.2, 0.25) is 0 Å². The average molecular weight is 687 g/mol. The second-order valence-electron chi connectivity index (χ2n) is 14.7. The molecule has 6 N–H and O–H groups in total. The molecule has 2 heterocycles. The Hall–Kier alpha value is -1.41. The van der Waals surface area contributed by atoms with Gasteiger partial charge in [-0.25, -0.2) is 4.79 Å². The van der Waals surface area contributed by atoms with Crippen LogP contribution in [0.5, 0.6) is 0 Å². The lowest BCUT2D eigenvalue weighted by Crippen LogP contribution is -2.43. The number of ether oxygens (including phenoxy) is 4. The first kappa shape index (κ1) is 42.8. The van der Waals surface area contributed by atoms with Crippen molar-refractivity contribution in [3.8, 4) is 0 Å². The summed E-state index contributed by atoms with van der Waals surface area (Å²) < 4.78 is 23.6. The summed E-state index contributed by atoms with van der Waals surface area (Å²) in [6, 6.07) is 0. The third-order valence-electron chi connectivity index (χ3n) is 10.8. The Balaban J connectivity index is 1.84. The van der Waals surface area contributed by atoms with Crippen molar-refractivity contribution in [3.63, 3.8) is 0 Å². The van der Waals surface area contributed by atoms with Crippen LogP contribution in [0.25, 0.3) is 0 Å². The minimum absolute atomic E-state index is 0.0407. The largest absolute Gasteiger partial charge is 0.478 e. The van der Waals surface area contributed by atoms with E-state index in [0.29, 0.717) is 19.3 Å². The maximum absolute atomic E-state index is 11.2. The molecule has 0 aromatic rings. The maximum atomic E-state index is 11.2. The third kappa shape index (κ3) is 13.7. The number of hydrogen-bond acceptors (Lipinski definition) is 10. The Bertz CT molecular complexity index is 988. The van der Waals surface area contributed by atoms with Crippen molar-refractivity contribution >= 4 is 5.97 Å². The van der Waals surface area contributed by atoms with E-state index in [4.69, 9.17) is 24.1 Å². The van der Waals surface area contributed by atoms with E-state index in [9.17, 15) is 30.3 Å². The number of aliphatic hydroxyl groups excluding tert-OH is 5. The molecular weight excluding hydrogens is 620 g/mol. The van der Waals surface area contributed by atoms with E-state index in [1.807, 2.05) is 26.0 Å². The van der Waals surface area contributed by atoms with Crippen LogP contribution in [0.2, 0.25) is 0 Å². The number of methoxy groups -OCH3 is 2. The smallest absolute Gasteiger partial charge is 0.330 e. The molecule has 48 heavy (non-hydrogen) atoms. The van der Waals surface area contributed by atoms with E-state index < -0.39 is 48.3 Å². The number of carboxylic acids is 1. The molecule has 0 aromatic carbocycles. The van der Waals surface area contributed by atoms with Crippen LogP contribution < -0.4 is 0 Å². The van der Waals surface area contributed by atoms with Crippen molar-refractivity contribution in [2.24, 2.45) is 23.7 Å². The normalized spacial score (nSPS) is 30.0. The first-order valence-corrected chi connectivity index (χ1v) is 17.9. The molecule has 15 atom stereocenters. The lowest BCUT2D eigenvalue weighted by atomic mass is 9.79. The molecule has 1 saturated heterocycles. The van der Waals surface area contributed by atoms with Crippen molar-refractivity contribution in [2.45, 2.75) is 166 Å². The van der Waals surface area contributed by atoms with Crippen molar-refractivity contribution in [1.29, 1.82) is 0 Å². The highest BCUT2D eigenvalue weighted by Crippen LogP contribution is 2.31. The summed E-state index contributed by atoms with van der Waals surface area (Å²) in [7, 11) is 3.31. The zero-order valence-corrected chi connectivity index (χ0v) is 30.5. The van der Waals surface area contributed by atoms with E-state index in [1.54, 1.807) is 28.1 Å². The number of carbonyl (C=O) groups is 1. The molecule has 2 aliphatic rings. The molecule has 11 nitrogen and oxygen atoms in total. The summed E-state index contributed by atoms with van der Waals surface area (Å²) in [5.74, 6) is -2.50. The van der Waals surface area contributed by atoms with Gasteiger partial charge in [0.25, 0.3) is 0 Å². The topological polar surface area (TPSA) is 175 Å². The molecule has 11 heteroatoms. The van der Waals surface area contributed by atoms with E-state index >= 15 is 0 Å². The predicted octanol–water partition coefficient (Wildman–Crippen LogP) is 4.02. The number of aliphatic carboxylic acids is 1. The summed E-state index contributed by atoms with van der Waals surface area (Å²) in [5.41, 5.74) is 0.186. The molecule has 0 amide bonds. The molecule has 1 fully saturated rings. The van der Waals surface area contributed by atoms with Crippen molar-refractivity contribution < 1.29 is 54.4 Å². The van der Waals surface area contributed by atoms with Crippen LogP contribution in [0.15, 0.2) is 23.8 Å². The fraction of sp³-hybridized carbons (Fsp3) is 0.865. The molecule has 0 bridgehead atoms. The molecule has 2 aliphatic heterocycles. The number of hydrogen-bond donors (Lipinski definition) is 6. The molecule has 0 radical (unpaired) electrons. The van der Waals surface area contributed by atoms with Crippen LogP contribution in [0.4, 0.5) is 0 Å². The van der Waals surface area contributed by atoms with E-state index in [2.05, 4.69) is 6.92 Å². The highest BCUT2D eigenvalue weighted by atomic mass is 16.5. The summed E-state index contributed by atoms with van der Waals surface area (Å²) in [6.45, 7) is 10.9. The first-order chi connectivity index (χ1) is 22.6. The fourth-order valence-corrected chi connectivity index (χ4v) is 7.11. The molecule has 0 aliphatic carbocycles. The maximum Gasteiger partial charge on any atom is 0.330 e. The lowest BCUT2D eigenvalue weighted by molar-refractivity contribution is -0.132. The quantitative estimate of drug-likeness (QED) is 0.0760. The Morgan fingerprint density at radius 1 is 0.917 bits per heavy atom. The molecular formula is C37H66O11. The van der Waals surface area contributed by atoms with E-state index in [1.165, 1.54) is 13.0 Å². The summed E-state index contributed by atoms with van der Waals surface area (Å²) in [4.78, 5) is 11.0. The van der Waals surface area contributed by atoms with Crippen molar-refractivity contribution in [2.75, 3.05) is 14.2 Å². The molecule has 280 valence electrons. The fourth-order valence-electron chi connectivity index (χ4n) is 7.11. The first-order valence-electron chi connectivity index (χ1n) is 17.9. The van der Waals surface area contributed by atoms with Gasteiger partial charge in [-0.05, 0) is 64.7 Å². The van der Waals surface area contributed by atoms with Gasteiger partial charge in [0.05, 0.1) is 67.1 Å². The summed E-state index contributed by atoms with van der Waals surface area (Å²) in [6.07, 6.45) is 5.49. The van der Waals surface area contributed by atoms with Crippen LogP contribution in [-0.4, -0.2) is 118 Å². The number of aliphatic hydroxyl groups is 5. The highest BCUT2D eigenvalue weighted by molar-refractivity contribution is 5.85. The van der Waals surface area contributed by atoms with Gasteiger partial charge in [-0.15, -0.1) is 0 Å². The average Bonchev–Trinajstić information content (AvgIpc) is 3.06. The SMILES string of the molecule is COC1CC(C)OC(CCC(C)C(O)C(C)C(O)C(C)C(O)CC(O)C(C)C(CC2CC=CC(CC(O)CC=C(C)C(=O)O)O2)OC)C1. The third-order valence-corrected chi connectivity index (χ3v) is 10.8. The monoisotopic (exact) mass is 686 g/mol. The molecule has 2 rings (SSSR count). The van der Waals surface area contributed by atoms with Gasteiger partial charge in [0.1, 0.15) is 0 Å². The van der Waals surface area contributed by atoms with Crippen LogP contribution in [0.1, 0.15) is 99.3 Å². The van der Waals surface area contributed by atoms with Crippen molar-refractivity contribution in [3.05, 3.63) is 23.8 Å². The van der Waals surface area contributed by atoms with Crippen LogP contribution in [0, 0.1) is 23.7 Å². The molecule has 0 spiro atoms. The van der Waals surface area contributed by atoms with Gasteiger partial charge in [0.15, 0.2) is 0 Å². The van der Waals surface area contributed by atoms with Gasteiger partial charge in [-0.2, -0.15) is 0 Å². The lowest BCUT2D eigenvalue weighted by Gasteiger charge is -2.37. The van der Waals surface area contributed by atoms with E-state index in [-0.39, 0.29) is 66.9 Å². The number of carboxylic acid groups (broad SMARTS) is 1. The standard InChI is InChI=1S/C37H66O11/c1-21(13-15-30-18-31(45-7)16-23(3)47-30)35(41)26(6)36(42)25(5)33(40)20-32(39)24(4)34(46-8)19-29-11-9-10-28(48-29)17-27(38)14-12-22(2)37(43)44/h9-10,12,21,23-36,38-42H,11,13-20H2,1-8H3,(H,43,44). The zero-order valence-electron chi connectivity index (χ0n) is 30.5. The molecule has 15 unspecified atom stereocenters. The Kier molecular flexibility index (Phi) is 18.8. The Morgan fingerprint density at radius 3 is 2.21 bits per heavy atom. The van der Waals surface area contributed by atoms with E-state index in [0.717, 1.165) is 25.7 Å². The van der Waals surface area contributed by atoms with Crippen LogP contribution >= 0.6 is 0 Å². The van der Waals surface area contributed by atoms with Gasteiger partial charge in [0, 0.05) is 50.4 Å². The Morgan fingerprint density at radius 2 is 1.58 bits per heavy atom. The minimum atomic E-state index is -1.01. The van der Waals surface area contributed by atoms with Gasteiger partial charge >= 0.3 is 5.97 Å². The second-order valence-corrected chi connectivity index (χ2v) is 14.7.